The molecule has 0 aliphatic rings. The topological polar surface area (TPSA) is 25.2 Å². The van der Waals surface area contributed by atoms with E-state index in [1.807, 2.05) is 17.5 Å². The maximum atomic E-state index is 6.13. The van der Waals surface area contributed by atoms with Crippen molar-refractivity contribution >= 4 is 22.9 Å². The fourth-order valence-electron chi connectivity index (χ4n) is 1.52. The molecule has 0 aromatic carbocycles. The highest BCUT2D eigenvalue weighted by atomic mass is 35.5. The van der Waals surface area contributed by atoms with E-state index >= 15 is 0 Å². The molecular weight excluding hydrogens is 230 g/mol. The van der Waals surface area contributed by atoms with Crippen LogP contribution in [0.15, 0.2) is 34.5 Å². The molecule has 1 N–H and O–H groups in total. The van der Waals surface area contributed by atoms with E-state index in [0.717, 1.165) is 22.0 Å². The van der Waals surface area contributed by atoms with Gasteiger partial charge >= 0.3 is 0 Å². The quantitative estimate of drug-likeness (QED) is 0.883. The normalized spacial score (nSPS) is 12.9. The average Bonchev–Trinajstić information content (AvgIpc) is 2.85. The summed E-state index contributed by atoms with van der Waals surface area (Å²) < 4.78 is 5.10. The number of hydrogen-bond acceptors (Lipinski definition) is 3. The van der Waals surface area contributed by atoms with Crippen LogP contribution < -0.4 is 5.32 Å². The lowest BCUT2D eigenvalue weighted by Gasteiger charge is -2.15. The summed E-state index contributed by atoms with van der Waals surface area (Å²) in [5.41, 5.74) is 1.11. The Bertz CT molecular complexity index is 410. The van der Waals surface area contributed by atoms with Crippen LogP contribution in [0.1, 0.15) is 23.4 Å². The summed E-state index contributed by atoms with van der Waals surface area (Å²) in [6.45, 7) is 2.97. The van der Waals surface area contributed by atoms with Crippen molar-refractivity contribution in [1.29, 1.82) is 0 Å². The molecule has 0 bridgehead atoms. The van der Waals surface area contributed by atoms with Gasteiger partial charge in [0.1, 0.15) is 0 Å². The van der Waals surface area contributed by atoms with Crippen LogP contribution in [0.4, 0.5) is 0 Å². The molecule has 4 heteroatoms. The van der Waals surface area contributed by atoms with E-state index in [4.69, 9.17) is 16.0 Å². The predicted molar refractivity (Wildman–Crippen MR) is 63.6 cm³/mol. The van der Waals surface area contributed by atoms with Crippen LogP contribution in [0.2, 0.25) is 5.02 Å². The highest BCUT2D eigenvalue weighted by Crippen LogP contribution is 2.32. The fraction of sp³-hybridized carbons (Fsp3) is 0.273. The fourth-order valence-corrected chi connectivity index (χ4v) is 2.78. The second-order valence-corrected chi connectivity index (χ2v) is 4.54. The van der Waals surface area contributed by atoms with Gasteiger partial charge in [-0.15, -0.1) is 11.3 Å². The van der Waals surface area contributed by atoms with Gasteiger partial charge in [-0.1, -0.05) is 18.5 Å². The first-order chi connectivity index (χ1) is 7.33. The van der Waals surface area contributed by atoms with Crippen LogP contribution in [0.25, 0.3) is 0 Å². The van der Waals surface area contributed by atoms with E-state index in [2.05, 4.69) is 12.2 Å². The molecule has 2 rings (SSSR count). The lowest BCUT2D eigenvalue weighted by atomic mass is 10.1. The summed E-state index contributed by atoms with van der Waals surface area (Å²) in [7, 11) is 0. The van der Waals surface area contributed by atoms with Crippen molar-refractivity contribution in [3.05, 3.63) is 45.5 Å². The SMILES string of the molecule is CCNC(c1ccoc1)c1sccc1Cl. The molecule has 0 radical (unpaired) electrons. The molecule has 0 aliphatic heterocycles. The smallest absolute Gasteiger partial charge is 0.0954 e. The predicted octanol–water partition coefficient (Wildman–Crippen LogP) is 3.69. The van der Waals surface area contributed by atoms with Gasteiger partial charge in [-0.25, -0.2) is 0 Å². The monoisotopic (exact) mass is 241 g/mol. The zero-order valence-corrected chi connectivity index (χ0v) is 9.94. The summed E-state index contributed by atoms with van der Waals surface area (Å²) in [6, 6.07) is 4.02. The molecule has 1 unspecified atom stereocenters. The van der Waals surface area contributed by atoms with Gasteiger partial charge in [-0.3, -0.25) is 0 Å². The molecule has 15 heavy (non-hydrogen) atoms. The van der Waals surface area contributed by atoms with Crippen molar-refractivity contribution in [2.45, 2.75) is 13.0 Å². The van der Waals surface area contributed by atoms with Crippen LogP contribution >= 0.6 is 22.9 Å². The van der Waals surface area contributed by atoms with Gasteiger partial charge in [0.05, 0.1) is 23.6 Å². The Kier molecular flexibility index (Phi) is 3.46. The van der Waals surface area contributed by atoms with Gasteiger partial charge in [0.2, 0.25) is 0 Å². The Morgan fingerprint density at radius 2 is 2.40 bits per heavy atom. The Morgan fingerprint density at radius 1 is 1.53 bits per heavy atom. The molecule has 2 heterocycles. The van der Waals surface area contributed by atoms with Gasteiger partial charge in [0.15, 0.2) is 0 Å². The summed E-state index contributed by atoms with van der Waals surface area (Å²) >= 11 is 7.79. The standard InChI is InChI=1S/C11H12ClNOS/c1-2-13-10(8-3-5-14-7-8)11-9(12)4-6-15-11/h3-7,10,13H,2H2,1H3. The third-order valence-electron chi connectivity index (χ3n) is 2.19. The van der Waals surface area contributed by atoms with Crippen LogP contribution in [0.5, 0.6) is 0 Å². The van der Waals surface area contributed by atoms with Crippen molar-refractivity contribution < 1.29 is 4.42 Å². The number of hydrogen-bond donors (Lipinski definition) is 1. The highest BCUT2D eigenvalue weighted by molar-refractivity contribution is 7.10. The minimum Gasteiger partial charge on any atom is -0.472 e. The summed E-state index contributed by atoms with van der Waals surface area (Å²) in [4.78, 5) is 1.14. The third-order valence-corrected chi connectivity index (χ3v) is 3.62. The molecule has 80 valence electrons. The molecule has 1 atom stereocenters. The van der Waals surface area contributed by atoms with Crippen LogP contribution in [0, 0.1) is 0 Å². The van der Waals surface area contributed by atoms with Crippen molar-refractivity contribution in [3.63, 3.8) is 0 Å². The van der Waals surface area contributed by atoms with E-state index in [9.17, 15) is 0 Å². The number of rotatable bonds is 4. The molecule has 2 nitrogen and oxygen atoms in total. The number of thiophene rings is 1. The van der Waals surface area contributed by atoms with E-state index < -0.39 is 0 Å². The third kappa shape index (κ3) is 2.25. The van der Waals surface area contributed by atoms with Crippen molar-refractivity contribution in [3.8, 4) is 0 Å². The van der Waals surface area contributed by atoms with E-state index in [0.29, 0.717) is 0 Å². The maximum absolute atomic E-state index is 6.13. The Labute approximate surface area is 97.9 Å². The number of nitrogens with one attached hydrogen (secondary N) is 1. The van der Waals surface area contributed by atoms with Crippen LogP contribution in [0.3, 0.4) is 0 Å². The van der Waals surface area contributed by atoms with E-state index in [1.165, 1.54) is 0 Å². The first-order valence-corrected chi connectivity index (χ1v) is 6.07. The molecule has 0 aliphatic carbocycles. The lowest BCUT2D eigenvalue weighted by molar-refractivity contribution is 0.554. The van der Waals surface area contributed by atoms with Gasteiger partial charge in [-0.05, 0) is 24.1 Å². The second-order valence-electron chi connectivity index (χ2n) is 3.18. The summed E-state index contributed by atoms with van der Waals surface area (Å²) in [6.07, 6.45) is 3.44. The number of furan rings is 1. The minimum atomic E-state index is 0.140. The first-order valence-electron chi connectivity index (χ1n) is 4.81. The zero-order valence-electron chi connectivity index (χ0n) is 8.37. The Morgan fingerprint density at radius 3 is 2.93 bits per heavy atom. The van der Waals surface area contributed by atoms with E-state index in [-0.39, 0.29) is 6.04 Å². The lowest BCUT2D eigenvalue weighted by Crippen LogP contribution is -2.20. The molecule has 0 spiro atoms. The van der Waals surface area contributed by atoms with Crippen LogP contribution in [-0.4, -0.2) is 6.54 Å². The molecular formula is C11H12ClNOS. The van der Waals surface area contributed by atoms with Crippen molar-refractivity contribution in [2.24, 2.45) is 0 Å². The summed E-state index contributed by atoms with van der Waals surface area (Å²) in [5, 5.41) is 6.21. The summed E-state index contributed by atoms with van der Waals surface area (Å²) in [5.74, 6) is 0. The van der Waals surface area contributed by atoms with Gasteiger partial charge in [-0.2, -0.15) is 0 Å². The van der Waals surface area contributed by atoms with Gasteiger partial charge in [0.25, 0.3) is 0 Å². The van der Waals surface area contributed by atoms with Crippen molar-refractivity contribution in [1.82, 2.24) is 5.32 Å². The first kappa shape index (κ1) is 10.7. The van der Waals surface area contributed by atoms with Gasteiger partial charge < -0.3 is 9.73 Å². The van der Waals surface area contributed by atoms with Crippen LogP contribution in [-0.2, 0) is 0 Å². The Hall–Kier alpha value is -0.770. The molecule has 2 aromatic rings. The van der Waals surface area contributed by atoms with Gasteiger partial charge in [0, 0.05) is 10.4 Å². The molecule has 0 saturated heterocycles. The molecule has 0 fully saturated rings. The Balaban J connectivity index is 2.32. The number of halogens is 1. The average molecular weight is 242 g/mol. The maximum Gasteiger partial charge on any atom is 0.0954 e. The molecule has 0 saturated carbocycles. The van der Waals surface area contributed by atoms with E-state index in [1.54, 1.807) is 23.9 Å². The zero-order chi connectivity index (χ0) is 10.7. The minimum absolute atomic E-state index is 0.140. The largest absolute Gasteiger partial charge is 0.472 e. The molecule has 2 aromatic heterocycles. The molecule has 0 amide bonds. The second kappa shape index (κ2) is 4.84. The van der Waals surface area contributed by atoms with Crippen molar-refractivity contribution in [2.75, 3.05) is 6.54 Å². The highest BCUT2D eigenvalue weighted by Gasteiger charge is 2.17.